The molecule has 8 atom stereocenters. The Hall–Kier alpha value is 0.590. The average molecular weight is 504 g/mol. The number of carbonyl (C=O) groups excluding carboxylic acids is 1. The summed E-state index contributed by atoms with van der Waals surface area (Å²) in [5.41, 5.74) is 0.125. The predicted octanol–water partition coefficient (Wildman–Crippen LogP) is 6.47. The summed E-state index contributed by atoms with van der Waals surface area (Å²) in [5, 5.41) is 10.7. The Kier molecular flexibility index (Phi) is 5.47. The van der Waals surface area contributed by atoms with Gasteiger partial charge in [-0.1, -0.05) is 52.1 Å². The maximum atomic E-state index is 13.0. The van der Waals surface area contributed by atoms with E-state index in [1.807, 2.05) is 6.92 Å². The summed E-state index contributed by atoms with van der Waals surface area (Å²) in [6, 6.07) is 0. The molecular weight excluding hydrogens is 468 g/mol. The van der Waals surface area contributed by atoms with Crippen LogP contribution in [0.1, 0.15) is 85.0 Å². The van der Waals surface area contributed by atoms with Gasteiger partial charge in [-0.3, -0.25) is 4.79 Å². The molecule has 27 heavy (non-hydrogen) atoms. The molecule has 0 saturated heterocycles. The molecule has 0 bridgehead atoms. The molecule has 0 radical (unpaired) electrons. The van der Waals surface area contributed by atoms with Gasteiger partial charge in [0.05, 0.1) is 5.60 Å². The number of fused-ring (bicyclic) bond motifs is 5. The first kappa shape index (κ1) is 20.8. The van der Waals surface area contributed by atoms with Gasteiger partial charge in [0.1, 0.15) is 3.74 Å². The van der Waals surface area contributed by atoms with Gasteiger partial charge >= 0.3 is 0 Å². The van der Waals surface area contributed by atoms with Crippen LogP contribution in [0.15, 0.2) is 0 Å². The van der Waals surface area contributed by atoms with Crippen molar-refractivity contribution in [1.29, 1.82) is 0 Å². The van der Waals surface area contributed by atoms with Crippen LogP contribution < -0.4 is 0 Å². The quantitative estimate of drug-likeness (QED) is 0.438. The molecule has 154 valence electrons. The third-order valence-corrected chi connectivity index (χ3v) is 10.7. The SMILES string of the molecule is C[C@@]1(O)CC[C@@]2(C)[C@@H](CC[C@@H]3[C@@H]2CC[C@]2(C)[C@@H](C(=O)C(Br)Br)CCC[C@@H]32)C1. The van der Waals surface area contributed by atoms with E-state index in [1.165, 1.54) is 44.9 Å². The molecule has 4 heteroatoms. The second kappa shape index (κ2) is 7.08. The molecule has 0 unspecified atom stereocenters. The maximum absolute atomic E-state index is 13.0. The Morgan fingerprint density at radius 2 is 1.63 bits per heavy atom. The van der Waals surface area contributed by atoms with E-state index in [0.29, 0.717) is 23.0 Å². The number of halogens is 2. The van der Waals surface area contributed by atoms with Crippen molar-refractivity contribution in [3.05, 3.63) is 0 Å². The van der Waals surface area contributed by atoms with Crippen LogP contribution in [0.5, 0.6) is 0 Å². The lowest BCUT2D eigenvalue weighted by Gasteiger charge is -2.64. The van der Waals surface area contributed by atoms with Crippen LogP contribution in [0.3, 0.4) is 0 Å². The first-order chi connectivity index (χ1) is 12.6. The molecular formula is C23H36Br2O2. The Morgan fingerprint density at radius 3 is 2.33 bits per heavy atom. The van der Waals surface area contributed by atoms with Crippen LogP contribution in [0.2, 0.25) is 0 Å². The highest BCUT2D eigenvalue weighted by Gasteiger charge is 2.60. The van der Waals surface area contributed by atoms with Crippen molar-refractivity contribution in [2.24, 2.45) is 40.4 Å². The van der Waals surface area contributed by atoms with Gasteiger partial charge in [-0.25, -0.2) is 0 Å². The number of aliphatic hydroxyl groups is 1. The third kappa shape index (κ3) is 3.32. The number of rotatable bonds is 2. The summed E-state index contributed by atoms with van der Waals surface area (Å²) in [7, 11) is 0. The first-order valence-corrected chi connectivity index (χ1v) is 13.0. The lowest BCUT2D eigenvalue weighted by Crippen LogP contribution is -2.58. The van der Waals surface area contributed by atoms with Crippen LogP contribution in [0, 0.1) is 40.4 Å². The number of hydrogen-bond acceptors (Lipinski definition) is 2. The van der Waals surface area contributed by atoms with Gasteiger partial charge in [-0.05, 0) is 99.2 Å². The molecule has 0 spiro atoms. The van der Waals surface area contributed by atoms with E-state index in [4.69, 9.17) is 0 Å². The molecule has 0 heterocycles. The van der Waals surface area contributed by atoms with Crippen LogP contribution in [0.4, 0.5) is 0 Å². The topological polar surface area (TPSA) is 37.3 Å². The van der Waals surface area contributed by atoms with Crippen LogP contribution in [0.25, 0.3) is 0 Å². The zero-order chi connectivity index (χ0) is 19.6. The molecule has 4 aliphatic carbocycles. The monoisotopic (exact) mass is 502 g/mol. The summed E-state index contributed by atoms with van der Waals surface area (Å²) in [6.07, 6.45) is 11.8. The number of hydrogen-bond donors (Lipinski definition) is 1. The van der Waals surface area contributed by atoms with Gasteiger partial charge < -0.3 is 5.11 Å². The summed E-state index contributed by atoms with van der Waals surface area (Å²) < 4.78 is -0.197. The highest BCUT2D eigenvalue weighted by atomic mass is 79.9. The Morgan fingerprint density at radius 1 is 0.926 bits per heavy atom. The second-order valence-corrected chi connectivity index (χ2v) is 14.1. The molecule has 2 nitrogen and oxygen atoms in total. The largest absolute Gasteiger partial charge is 0.390 e. The molecule has 0 aromatic heterocycles. The van der Waals surface area contributed by atoms with E-state index in [0.717, 1.165) is 31.1 Å². The molecule has 4 saturated carbocycles. The highest BCUT2D eigenvalue weighted by Crippen LogP contribution is 2.67. The van der Waals surface area contributed by atoms with E-state index in [-0.39, 0.29) is 15.1 Å². The van der Waals surface area contributed by atoms with Crippen LogP contribution >= 0.6 is 31.9 Å². The summed E-state index contributed by atoms with van der Waals surface area (Å²) in [5.74, 6) is 3.55. The molecule has 0 amide bonds. The van der Waals surface area contributed by atoms with E-state index in [1.54, 1.807) is 0 Å². The van der Waals surface area contributed by atoms with Crippen LogP contribution in [-0.2, 0) is 4.79 Å². The zero-order valence-corrected chi connectivity index (χ0v) is 20.3. The minimum atomic E-state index is -0.455. The molecule has 4 rings (SSSR count). The first-order valence-electron chi connectivity index (χ1n) is 11.1. The lowest BCUT2D eigenvalue weighted by molar-refractivity contribution is -0.168. The summed E-state index contributed by atoms with van der Waals surface area (Å²) in [4.78, 5) is 13.0. The molecule has 0 aliphatic heterocycles. The standard InChI is InChI=1S/C23H36Br2O2/c1-21(27)11-12-22(2)14(13-21)7-8-15-16-5-4-6-18(19(26)20(24)25)23(16,3)10-9-17(15)22/h14-18,20,27H,4-13H2,1-3H3/t14-,15-,16-,17-,18+,21+,22-,23-/m0/s1. The third-order valence-electron chi connectivity index (χ3n) is 9.75. The Bertz CT molecular complexity index is 603. The zero-order valence-electron chi connectivity index (χ0n) is 17.1. The molecule has 0 aromatic rings. The molecule has 0 aromatic carbocycles. The van der Waals surface area contributed by atoms with E-state index in [2.05, 4.69) is 45.7 Å². The fraction of sp³-hybridized carbons (Fsp3) is 0.957. The van der Waals surface area contributed by atoms with Gasteiger partial charge in [0.15, 0.2) is 5.78 Å². The van der Waals surface area contributed by atoms with Crippen molar-refractivity contribution in [3.8, 4) is 0 Å². The van der Waals surface area contributed by atoms with Crippen molar-refractivity contribution >= 4 is 37.6 Å². The van der Waals surface area contributed by atoms with Gasteiger partial charge in [0.25, 0.3) is 0 Å². The second-order valence-electron chi connectivity index (χ2n) is 11.1. The number of Topliss-reactive ketones (excluding diaryl/α,β-unsaturated/α-hetero) is 1. The van der Waals surface area contributed by atoms with Crippen molar-refractivity contribution < 1.29 is 9.90 Å². The van der Waals surface area contributed by atoms with E-state index < -0.39 is 5.60 Å². The predicted molar refractivity (Wildman–Crippen MR) is 117 cm³/mol. The van der Waals surface area contributed by atoms with Crippen molar-refractivity contribution in [1.82, 2.24) is 0 Å². The summed E-state index contributed by atoms with van der Waals surface area (Å²) in [6.45, 7) is 7.04. The van der Waals surface area contributed by atoms with Gasteiger partial charge in [-0.2, -0.15) is 0 Å². The van der Waals surface area contributed by atoms with E-state index in [9.17, 15) is 9.90 Å². The molecule has 4 aliphatic rings. The average Bonchev–Trinajstić information content (AvgIpc) is 2.60. The van der Waals surface area contributed by atoms with Crippen molar-refractivity contribution in [2.75, 3.05) is 0 Å². The van der Waals surface area contributed by atoms with Gasteiger partial charge in [0.2, 0.25) is 0 Å². The highest BCUT2D eigenvalue weighted by molar-refractivity contribution is 9.25. The molecule has 4 fully saturated rings. The normalized spacial score (nSPS) is 52.6. The van der Waals surface area contributed by atoms with Crippen LogP contribution in [-0.4, -0.2) is 20.2 Å². The summed E-state index contributed by atoms with van der Waals surface area (Å²) >= 11 is 6.99. The van der Waals surface area contributed by atoms with Crippen molar-refractivity contribution in [3.63, 3.8) is 0 Å². The molecule has 1 N–H and O–H groups in total. The fourth-order valence-corrected chi connectivity index (χ4v) is 8.88. The number of alkyl halides is 2. The van der Waals surface area contributed by atoms with Gasteiger partial charge in [-0.15, -0.1) is 0 Å². The Labute approximate surface area is 181 Å². The fourth-order valence-electron chi connectivity index (χ4n) is 8.25. The number of carbonyl (C=O) groups is 1. The van der Waals surface area contributed by atoms with E-state index >= 15 is 0 Å². The Balaban J connectivity index is 1.61. The minimum Gasteiger partial charge on any atom is -0.390 e. The lowest BCUT2D eigenvalue weighted by atomic mass is 9.41. The maximum Gasteiger partial charge on any atom is 0.160 e. The number of ketones is 1. The van der Waals surface area contributed by atoms with Gasteiger partial charge in [0, 0.05) is 5.92 Å². The minimum absolute atomic E-state index is 0.180. The van der Waals surface area contributed by atoms with Crippen molar-refractivity contribution in [2.45, 2.75) is 94.3 Å². The smallest absolute Gasteiger partial charge is 0.160 e.